The summed E-state index contributed by atoms with van der Waals surface area (Å²) >= 11 is 5.93. The Hall–Kier alpha value is -2.93. The lowest BCUT2D eigenvalue weighted by atomic mass is 10.2. The van der Waals surface area contributed by atoms with Crippen LogP contribution in [-0.4, -0.2) is 33.4 Å². The number of nitrogens with one attached hydrogen (secondary N) is 2. The molecule has 7 nitrogen and oxygen atoms in total. The van der Waals surface area contributed by atoms with Gasteiger partial charge in [0.15, 0.2) is 5.65 Å². The van der Waals surface area contributed by atoms with E-state index in [1.807, 2.05) is 0 Å². The van der Waals surface area contributed by atoms with Crippen molar-refractivity contribution in [3.8, 4) is 0 Å². The molecule has 0 spiro atoms. The molecule has 0 bridgehead atoms. The van der Waals surface area contributed by atoms with Crippen LogP contribution in [0.4, 0.5) is 5.69 Å². The largest absolute Gasteiger partial charge is 0.466 e. The smallest absolute Gasteiger partial charge is 0.313 e. The number of hydrogen-bond acceptors (Lipinski definition) is 5. The highest BCUT2D eigenvalue weighted by Crippen LogP contribution is 2.19. The number of aromatic amines is 1. The number of halogens is 1. The van der Waals surface area contributed by atoms with Gasteiger partial charge < -0.3 is 15.0 Å². The maximum absolute atomic E-state index is 12.6. The summed E-state index contributed by atoms with van der Waals surface area (Å²) in [4.78, 5) is 35.5. The number of fused-ring (bicyclic) bond motifs is 1. The number of anilines is 1. The third kappa shape index (κ3) is 3.95. The maximum Gasteiger partial charge on any atom is 0.313 e. The van der Waals surface area contributed by atoms with Crippen LogP contribution in [0, 0.1) is 0 Å². The molecule has 3 rings (SSSR count). The number of amides is 1. The summed E-state index contributed by atoms with van der Waals surface area (Å²) in [7, 11) is 0. The number of H-pyrrole nitrogens is 1. The minimum absolute atomic E-state index is 0.0143. The number of nitrogens with zero attached hydrogens (tertiary/aromatic N) is 2. The van der Waals surface area contributed by atoms with Gasteiger partial charge in [0.05, 0.1) is 17.7 Å². The number of pyridine rings is 1. The Bertz CT molecular complexity index is 939. The minimum atomic E-state index is -0.397. The van der Waals surface area contributed by atoms with E-state index in [9.17, 15) is 9.59 Å². The van der Waals surface area contributed by atoms with Crippen molar-refractivity contribution in [1.82, 2.24) is 15.0 Å². The lowest BCUT2D eigenvalue weighted by molar-refractivity contribution is -0.142. The lowest BCUT2D eigenvalue weighted by Crippen LogP contribution is -2.12. The molecule has 3 aromatic rings. The monoisotopic (exact) mass is 358 g/mol. The number of aromatic nitrogens is 3. The van der Waals surface area contributed by atoms with E-state index < -0.39 is 5.97 Å². The van der Waals surface area contributed by atoms with E-state index in [-0.39, 0.29) is 12.3 Å². The molecule has 0 atom stereocenters. The molecule has 0 aliphatic rings. The molecule has 0 saturated carbocycles. The molecule has 2 heterocycles. The molecule has 2 aromatic heterocycles. The van der Waals surface area contributed by atoms with Crippen LogP contribution >= 0.6 is 11.6 Å². The van der Waals surface area contributed by atoms with Crippen molar-refractivity contribution in [2.75, 3.05) is 11.9 Å². The zero-order valence-corrected chi connectivity index (χ0v) is 14.1. The molecule has 25 heavy (non-hydrogen) atoms. The van der Waals surface area contributed by atoms with Crippen molar-refractivity contribution in [3.63, 3.8) is 0 Å². The van der Waals surface area contributed by atoms with Gasteiger partial charge in [0.1, 0.15) is 12.2 Å². The normalized spacial score (nSPS) is 10.6. The second-order valence-corrected chi connectivity index (χ2v) is 5.62. The minimum Gasteiger partial charge on any atom is -0.466 e. The second kappa shape index (κ2) is 7.31. The van der Waals surface area contributed by atoms with Crippen molar-refractivity contribution in [2.45, 2.75) is 13.3 Å². The topological polar surface area (TPSA) is 97.0 Å². The zero-order chi connectivity index (χ0) is 17.8. The van der Waals surface area contributed by atoms with Crippen molar-refractivity contribution in [2.24, 2.45) is 0 Å². The van der Waals surface area contributed by atoms with Gasteiger partial charge in [-0.3, -0.25) is 9.59 Å². The molecule has 128 valence electrons. The number of carbonyl (C=O) groups excluding carboxylic acids is 2. The summed E-state index contributed by atoms with van der Waals surface area (Å²) in [6.07, 6.45) is 1.48. The van der Waals surface area contributed by atoms with E-state index in [2.05, 4.69) is 20.3 Å². The van der Waals surface area contributed by atoms with Crippen molar-refractivity contribution in [3.05, 3.63) is 52.9 Å². The van der Waals surface area contributed by atoms with Crippen LogP contribution in [0.15, 0.2) is 36.5 Å². The quantitative estimate of drug-likeness (QED) is 0.683. The van der Waals surface area contributed by atoms with Crippen LogP contribution in [0.1, 0.15) is 23.1 Å². The van der Waals surface area contributed by atoms with Gasteiger partial charge in [0.25, 0.3) is 5.91 Å². The number of hydrogen-bond donors (Lipinski definition) is 2. The summed E-state index contributed by atoms with van der Waals surface area (Å²) in [5.74, 6) is -0.337. The number of benzene rings is 1. The Balaban J connectivity index is 1.87. The maximum atomic E-state index is 12.6. The predicted molar refractivity (Wildman–Crippen MR) is 93.6 cm³/mol. The van der Waals surface area contributed by atoms with Crippen LogP contribution in [0.2, 0.25) is 5.02 Å². The van der Waals surface area contributed by atoms with Crippen LogP contribution in [-0.2, 0) is 16.0 Å². The third-order valence-corrected chi connectivity index (χ3v) is 3.62. The first-order valence-electron chi connectivity index (χ1n) is 7.63. The fraction of sp³-hybridized carbons (Fsp3) is 0.176. The highest BCUT2D eigenvalue weighted by atomic mass is 35.5. The SMILES string of the molecule is CCOC(=O)Cc1nc2nccc(C(=O)Nc3cccc(Cl)c3)c2[nH]1. The molecular weight excluding hydrogens is 344 g/mol. The molecule has 2 N–H and O–H groups in total. The summed E-state index contributed by atoms with van der Waals surface area (Å²) < 4.78 is 4.90. The van der Waals surface area contributed by atoms with E-state index in [4.69, 9.17) is 16.3 Å². The number of ether oxygens (including phenoxy) is 1. The summed E-state index contributed by atoms with van der Waals surface area (Å²) in [6.45, 7) is 2.03. The Labute approximate surface area is 148 Å². The Morgan fingerprint density at radius 2 is 2.16 bits per heavy atom. The highest BCUT2D eigenvalue weighted by molar-refractivity contribution is 6.31. The number of imidazole rings is 1. The van der Waals surface area contributed by atoms with Gasteiger partial charge in [0.2, 0.25) is 0 Å². The van der Waals surface area contributed by atoms with Crippen LogP contribution in [0.3, 0.4) is 0 Å². The average molecular weight is 359 g/mol. The molecule has 0 aliphatic carbocycles. The van der Waals surface area contributed by atoms with Gasteiger partial charge in [-0.05, 0) is 31.2 Å². The van der Waals surface area contributed by atoms with E-state index in [1.165, 1.54) is 6.20 Å². The van der Waals surface area contributed by atoms with Crippen molar-refractivity contribution in [1.29, 1.82) is 0 Å². The van der Waals surface area contributed by atoms with E-state index in [1.54, 1.807) is 37.3 Å². The summed E-state index contributed by atoms with van der Waals surface area (Å²) in [6, 6.07) is 8.43. The Morgan fingerprint density at radius 1 is 1.32 bits per heavy atom. The van der Waals surface area contributed by atoms with E-state index >= 15 is 0 Å². The van der Waals surface area contributed by atoms with Gasteiger partial charge in [-0.25, -0.2) is 9.97 Å². The van der Waals surface area contributed by atoms with Gasteiger partial charge in [0, 0.05) is 16.9 Å². The highest BCUT2D eigenvalue weighted by Gasteiger charge is 2.16. The molecule has 0 saturated heterocycles. The molecule has 1 aromatic carbocycles. The molecular formula is C17H15ClN4O3. The second-order valence-electron chi connectivity index (χ2n) is 5.19. The van der Waals surface area contributed by atoms with Gasteiger partial charge in [-0.1, -0.05) is 17.7 Å². The molecule has 0 aliphatic heterocycles. The first kappa shape index (κ1) is 16.9. The van der Waals surface area contributed by atoms with Crippen LogP contribution in [0.5, 0.6) is 0 Å². The average Bonchev–Trinajstić information content (AvgIpc) is 2.97. The zero-order valence-electron chi connectivity index (χ0n) is 13.4. The molecule has 1 amide bonds. The fourth-order valence-corrected chi connectivity index (χ4v) is 2.54. The fourth-order valence-electron chi connectivity index (χ4n) is 2.35. The molecule has 0 fully saturated rings. The summed E-state index contributed by atoms with van der Waals surface area (Å²) in [5.41, 5.74) is 1.76. The van der Waals surface area contributed by atoms with Crippen molar-refractivity contribution >= 4 is 40.3 Å². The number of carbonyl (C=O) groups is 2. The van der Waals surface area contributed by atoms with Crippen molar-refractivity contribution < 1.29 is 14.3 Å². The first-order valence-corrected chi connectivity index (χ1v) is 8.00. The number of esters is 1. The third-order valence-electron chi connectivity index (χ3n) is 3.39. The van der Waals surface area contributed by atoms with Crippen LogP contribution < -0.4 is 5.32 Å². The molecule has 0 unspecified atom stereocenters. The molecule has 0 radical (unpaired) electrons. The van der Waals surface area contributed by atoms with Crippen LogP contribution in [0.25, 0.3) is 11.2 Å². The lowest BCUT2D eigenvalue weighted by Gasteiger charge is -2.06. The van der Waals surface area contributed by atoms with Gasteiger partial charge in [-0.2, -0.15) is 0 Å². The molecule has 8 heteroatoms. The number of rotatable bonds is 5. The van der Waals surface area contributed by atoms with E-state index in [0.29, 0.717) is 39.9 Å². The predicted octanol–water partition coefficient (Wildman–Crippen LogP) is 2.97. The Kier molecular flexibility index (Phi) is 4.95. The Morgan fingerprint density at radius 3 is 2.92 bits per heavy atom. The van der Waals surface area contributed by atoms with E-state index in [0.717, 1.165) is 0 Å². The van der Waals surface area contributed by atoms with Gasteiger partial charge in [-0.15, -0.1) is 0 Å². The standard InChI is InChI=1S/C17H15ClN4O3/c1-2-25-14(23)9-13-21-15-12(6-7-19-16(15)22-13)17(24)20-11-5-3-4-10(18)8-11/h3-8H,2,9H2,1H3,(H,20,24)(H,19,21,22). The van der Waals surface area contributed by atoms with Gasteiger partial charge >= 0.3 is 5.97 Å². The summed E-state index contributed by atoms with van der Waals surface area (Å²) in [5, 5.41) is 3.29. The first-order chi connectivity index (χ1) is 12.1.